The van der Waals surface area contributed by atoms with Crippen LogP contribution in [-0.4, -0.2) is 47.6 Å². The molecular weight excluding hydrogens is 283 g/mol. The minimum absolute atomic E-state index is 0.434. The molecule has 0 saturated carbocycles. The van der Waals surface area contributed by atoms with Gasteiger partial charge in [0.2, 0.25) is 0 Å². The van der Waals surface area contributed by atoms with E-state index < -0.39 is 43.1 Å². The number of ether oxygens (including phenoxy) is 1. The molecule has 0 aromatic carbocycles. The maximum absolute atomic E-state index is 11.5. The molecule has 2 heterocycles. The highest BCUT2D eigenvalue weighted by molar-refractivity contribution is 7.52. The van der Waals surface area contributed by atoms with Gasteiger partial charge >= 0.3 is 13.3 Å². The maximum Gasteiger partial charge on any atom is 0.356 e. The standard InChI is InChI=1S/C8H11N2O8P/c11-3-1-2-9-8(14)10(3)6-4(12)5(13)7(18-6)19(15,16)17/h1-2,4-7,12-13H,(H,9,14)(H2,15,16,17)/t4-,5+,6-,7-/m0/s1. The summed E-state index contributed by atoms with van der Waals surface area (Å²) in [5.41, 5.74) is -1.78. The minimum Gasteiger partial charge on any atom is -0.387 e. The zero-order valence-electron chi connectivity index (χ0n) is 9.28. The Morgan fingerprint density at radius 2 is 1.89 bits per heavy atom. The third kappa shape index (κ3) is 2.41. The number of aromatic nitrogens is 2. The normalized spacial score (nSPS) is 31.6. The highest BCUT2D eigenvalue weighted by atomic mass is 31.2. The van der Waals surface area contributed by atoms with E-state index in [1.54, 1.807) is 0 Å². The largest absolute Gasteiger partial charge is 0.387 e. The van der Waals surface area contributed by atoms with Crippen molar-refractivity contribution >= 4 is 7.60 Å². The summed E-state index contributed by atoms with van der Waals surface area (Å²) in [4.78, 5) is 43.0. The Balaban J connectivity index is 2.46. The lowest BCUT2D eigenvalue weighted by Gasteiger charge is -2.16. The van der Waals surface area contributed by atoms with Gasteiger partial charge in [-0.2, -0.15) is 0 Å². The molecule has 1 fully saturated rings. The molecule has 11 heteroatoms. The molecule has 1 aliphatic rings. The lowest BCUT2D eigenvalue weighted by Crippen LogP contribution is -2.42. The van der Waals surface area contributed by atoms with Gasteiger partial charge < -0.3 is 29.7 Å². The van der Waals surface area contributed by atoms with E-state index in [4.69, 9.17) is 14.5 Å². The van der Waals surface area contributed by atoms with Gasteiger partial charge in [0.1, 0.15) is 12.2 Å². The van der Waals surface area contributed by atoms with Crippen LogP contribution in [0.15, 0.2) is 21.9 Å². The molecular formula is C8H11N2O8P. The summed E-state index contributed by atoms with van der Waals surface area (Å²) in [5, 5.41) is 19.2. The average Bonchev–Trinajstić information content (AvgIpc) is 2.57. The Hall–Kier alpha value is -1.29. The van der Waals surface area contributed by atoms with Gasteiger partial charge in [-0.05, 0) is 0 Å². The first-order valence-electron chi connectivity index (χ1n) is 5.10. The summed E-state index contributed by atoms with van der Waals surface area (Å²) in [6, 6.07) is 0.967. The van der Waals surface area contributed by atoms with Gasteiger partial charge in [-0.3, -0.25) is 9.36 Å². The topological polar surface area (TPSA) is 162 Å². The monoisotopic (exact) mass is 294 g/mol. The Labute approximate surface area is 105 Å². The molecule has 1 saturated heterocycles. The van der Waals surface area contributed by atoms with Crippen molar-refractivity contribution in [1.82, 2.24) is 9.55 Å². The van der Waals surface area contributed by atoms with Crippen molar-refractivity contribution in [2.75, 3.05) is 0 Å². The summed E-state index contributed by atoms with van der Waals surface area (Å²) < 4.78 is 16.3. The molecule has 0 aliphatic carbocycles. The van der Waals surface area contributed by atoms with E-state index in [1.807, 2.05) is 0 Å². The van der Waals surface area contributed by atoms with Gasteiger partial charge in [0, 0.05) is 12.3 Å². The first kappa shape index (κ1) is 14.1. The van der Waals surface area contributed by atoms with E-state index in [2.05, 4.69) is 4.98 Å². The van der Waals surface area contributed by atoms with Crippen LogP contribution in [0.1, 0.15) is 6.23 Å². The van der Waals surface area contributed by atoms with Crippen molar-refractivity contribution in [3.8, 4) is 0 Å². The summed E-state index contributed by atoms with van der Waals surface area (Å²) >= 11 is 0. The molecule has 0 amide bonds. The Kier molecular flexibility index (Phi) is 3.47. The molecule has 2 rings (SSSR count). The van der Waals surface area contributed by atoms with Gasteiger partial charge in [0.05, 0.1) is 0 Å². The van der Waals surface area contributed by atoms with Gasteiger partial charge in [0.15, 0.2) is 12.1 Å². The van der Waals surface area contributed by atoms with Gasteiger partial charge in [-0.15, -0.1) is 0 Å². The van der Waals surface area contributed by atoms with Crippen LogP contribution in [0.2, 0.25) is 0 Å². The van der Waals surface area contributed by atoms with Gasteiger partial charge in [-0.1, -0.05) is 0 Å². The summed E-state index contributed by atoms with van der Waals surface area (Å²) in [7, 11) is -4.85. The van der Waals surface area contributed by atoms with E-state index in [1.165, 1.54) is 0 Å². The molecule has 1 aliphatic heterocycles. The molecule has 1 aromatic rings. The number of aliphatic hydroxyl groups excluding tert-OH is 2. The zero-order chi connectivity index (χ0) is 14.4. The number of H-pyrrole nitrogens is 1. The van der Waals surface area contributed by atoms with Crippen LogP contribution in [-0.2, 0) is 9.30 Å². The van der Waals surface area contributed by atoms with E-state index in [0.29, 0.717) is 4.57 Å². The first-order valence-corrected chi connectivity index (χ1v) is 6.78. The number of nitrogens with one attached hydrogen (secondary N) is 1. The summed E-state index contributed by atoms with van der Waals surface area (Å²) in [6.45, 7) is 0. The van der Waals surface area contributed by atoms with Crippen LogP contribution in [0, 0.1) is 0 Å². The Morgan fingerprint density at radius 3 is 2.37 bits per heavy atom. The van der Waals surface area contributed by atoms with Crippen molar-refractivity contribution in [3.63, 3.8) is 0 Å². The molecule has 0 bridgehead atoms. The summed E-state index contributed by atoms with van der Waals surface area (Å²) in [6.07, 6.45) is -4.35. The van der Waals surface area contributed by atoms with Gasteiger partial charge in [-0.25, -0.2) is 9.36 Å². The molecule has 10 nitrogen and oxygen atoms in total. The predicted molar refractivity (Wildman–Crippen MR) is 59.3 cm³/mol. The van der Waals surface area contributed by atoms with Crippen molar-refractivity contribution in [3.05, 3.63) is 33.1 Å². The Bertz CT molecular complexity index is 604. The number of aliphatic hydroxyl groups is 2. The van der Waals surface area contributed by atoms with Gasteiger partial charge in [0.25, 0.3) is 5.56 Å². The third-order valence-electron chi connectivity index (χ3n) is 2.69. The highest BCUT2D eigenvalue weighted by Gasteiger charge is 2.52. The van der Waals surface area contributed by atoms with E-state index in [9.17, 15) is 24.4 Å². The second-order valence-corrected chi connectivity index (χ2v) is 5.67. The van der Waals surface area contributed by atoms with Crippen molar-refractivity contribution < 1.29 is 29.3 Å². The number of aromatic amines is 1. The highest BCUT2D eigenvalue weighted by Crippen LogP contribution is 2.49. The second-order valence-electron chi connectivity index (χ2n) is 3.98. The third-order valence-corrected chi connectivity index (χ3v) is 3.78. The van der Waals surface area contributed by atoms with Crippen LogP contribution in [0.5, 0.6) is 0 Å². The molecule has 106 valence electrons. The second kappa shape index (κ2) is 4.67. The number of hydrogen-bond donors (Lipinski definition) is 5. The van der Waals surface area contributed by atoms with E-state index in [0.717, 1.165) is 12.3 Å². The van der Waals surface area contributed by atoms with E-state index >= 15 is 0 Å². The molecule has 0 unspecified atom stereocenters. The minimum atomic E-state index is -4.85. The number of hydrogen-bond acceptors (Lipinski definition) is 6. The molecule has 19 heavy (non-hydrogen) atoms. The fourth-order valence-electron chi connectivity index (χ4n) is 1.81. The van der Waals surface area contributed by atoms with Crippen LogP contribution < -0.4 is 11.2 Å². The molecule has 4 atom stereocenters. The zero-order valence-corrected chi connectivity index (χ0v) is 10.2. The van der Waals surface area contributed by atoms with E-state index in [-0.39, 0.29) is 0 Å². The smallest absolute Gasteiger partial charge is 0.356 e. The van der Waals surface area contributed by atoms with Crippen molar-refractivity contribution in [2.24, 2.45) is 0 Å². The SMILES string of the molecule is O=c1cc[nH]c(=O)n1[C@H]1O[C@@H](P(=O)(O)O)[C@H](O)[C@@H]1O. The maximum atomic E-state index is 11.5. The first-order chi connectivity index (χ1) is 8.73. The molecule has 0 radical (unpaired) electrons. The van der Waals surface area contributed by atoms with Crippen LogP contribution >= 0.6 is 7.60 Å². The lowest BCUT2D eigenvalue weighted by atomic mass is 10.2. The van der Waals surface area contributed by atoms with Crippen LogP contribution in [0.3, 0.4) is 0 Å². The molecule has 5 N–H and O–H groups in total. The fourth-order valence-corrected chi connectivity index (χ4v) is 2.67. The van der Waals surface area contributed by atoms with Crippen LogP contribution in [0.25, 0.3) is 0 Å². The van der Waals surface area contributed by atoms with Crippen LogP contribution in [0.4, 0.5) is 0 Å². The Morgan fingerprint density at radius 1 is 1.26 bits per heavy atom. The molecule has 0 spiro atoms. The lowest BCUT2D eigenvalue weighted by molar-refractivity contribution is -0.0299. The number of rotatable bonds is 2. The average molecular weight is 294 g/mol. The number of nitrogens with zero attached hydrogens (tertiary/aromatic N) is 1. The fraction of sp³-hybridized carbons (Fsp3) is 0.500. The van der Waals surface area contributed by atoms with Crippen molar-refractivity contribution in [2.45, 2.75) is 24.3 Å². The van der Waals surface area contributed by atoms with Crippen molar-refractivity contribution in [1.29, 1.82) is 0 Å². The molecule has 1 aromatic heterocycles. The quantitative estimate of drug-likeness (QED) is 0.368. The predicted octanol–water partition coefficient (Wildman–Crippen LogP) is -2.71. The summed E-state index contributed by atoms with van der Waals surface area (Å²) in [5.74, 6) is -2.00.